The fourth-order valence-electron chi connectivity index (χ4n) is 1.75. The molecule has 1 N–H and O–H groups in total. The van der Waals surface area contributed by atoms with Gasteiger partial charge in [0.05, 0.1) is 17.5 Å². The van der Waals surface area contributed by atoms with E-state index in [1.807, 2.05) is 26.0 Å². The Bertz CT molecular complexity index is 503. The Morgan fingerprint density at radius 1 is 1.43 bits per heavy atom. The summed E-state index contributed by atoms with van der Waals surface area (Å²) in [7, 11) is 0. The molecule has 1 unspecified atom stereocenters. The second kappa shape index (κ2) is 3.19. The molecule has 2 aromatic rings. The number of para-hydroxylation sites is 1. The van der Waals surface area contributed by atoms with Crippen molar-refractivity contribution >= 4 is 10.9 Å². The van der Waals surface area contributed by atoms with Crippen LogP contribution < -0.4 is 0 Å². The number of H-pyrrole nitrogens is 1. The summed E-state index contributed by atoms with van der Waals surface area (Å²) in [6.45, 7) is 3.95. The van der Waals surface area contributed by atoms with E-state index in [2.05, 4.69) is 23.2 Å². The zero-order valence-corrected chi connectivity index (χ0v) is 8.33. The molecular formula is C12H12N2. The van der Waals surface area contributed by atoms with Gasteiger partial charge in [-0.3, -0.25) is 0 Å². The third-order valence-corrected chi connectivity index (χ3v) is 2.48. The molecular weight excluding hydrogens is 172 g/mol. The minimum absolute atomic E-state index is 0.0586. The second-order valence-corrected chi connectivity index (χ2v) is 3.61. The number of nitrogens with zero attached hydrogens (tertiary/aromatic N) is 1. The highest BCUT2D eigenvalue weighted by atomic mass is 14.7. The SMILES string of the molecule is Cc1cc2cccc(C(C)C#N)c2[nH]1. The van der Waals surface area contributed by atoms with E-state index in [1.165, 1.54) is 5.39 Å². The fraction of sp³-hybridized carbons (Fsp3) is 0.250. The van der Waals surface area contributed by atoms with Crippen LogP contribution in [0, 0.1) is 18.3 Å². The van der Waals surface area contributed by atoms with Crippen molar-refractivity contribution < 1.29 is 0 Å². The van der Waals surface area contributed by atoms with Crippen molar-refractivity contribution in [3.05, 3.63) is 35.5 Å². The third kappa shape index (κ3) is 1.27. The summed E-state index contributed by atoms with van der Waals surface area (Å²) in [5.41, 5.74) is 3.31. The molecule has 70 valence electrons. The Morgan fingerprint density at radius 3 is 2.93 bits per heavy atom. The highest BCUT2D eigenvalue weighted by molar-refractivity contribution is 5.84. The molecule has 0 aliphatic heterocycles. The van der Waals surface area contributed by atoms with Gasteiger partial charge >= 0.3 is 0 Å². The minimum atomic E-state index is -0.0586. The maximum atomic E-state index is 8.89. The molecule has 0 bridgehead atoms. The number of aromatic amines is 1. The van der Waals surface area contributed by atoms with Gasteiger partial charge in [-0.05, 0) is 30.9 Å². The van der Waals surface area contributed by atoms with Crippen LogP contribution in [0.2, 0.25) is 0 Å². The topological polar surface area (TPSA) is 39.6 Å². The van der Waals surface area contributed by atoms with Gasteiger partial charge in [0.25, 0.3) is 0 Å². The van der Waals surface area contributed by atoms with Crippen molar-refractivity contribution in [2.45, 2.75) is 19.8 Å². The van der Waals surface area contributed by atoms with Crippen molar-refractivity contribution in [3.8, 4) is 6.07 Å². The number of nitriles is 1. The van der Waals surface area contributed by atoms with Gasteiger partial charge in [-0.15, -0.1) is 0 Å². The monoisotopic (exact) mass is 184 g/mol. The van der Waals surface area contributed by atoms with E-state index < -0.39 is 0 Å². The largest absolute Gasteiger partial charge is 0.358 e. The van der Waals surface area contributed by atoms with E-state index in [0.29, 0.717) is 0 Å². The van der Waals surface area contributed by atoms with Crippen molar-refractivity contribution in [2.24, 2.45) is 0 Å². The van der Waals surface area contributed by atoms with Gasteiger partial charge in [-0.1, -0.05) is 18.2 Å². The lowest BCUT2D eigenvalue weighted by molar-refractivity contribution is 0.989. The van der Waals surface area contributed by atoms with Crippen LogP contribution in [-0.2, 0) is 0 Å². The van der Waals surface area contributed by atoms with E-state index >= 15 is 0 Å². The molecule has 2 nitrogen and oxygen atoms in total. The van der Waals surface area contributed by atoms with Gasteiger partial charge < -0.3 is 4.98 Å². The number of hydrogen-bond donors (Lipinski definition) is 1. The van der Waals surface area contributed by atoms with Crippen molar-refractivity contribution in [2.75, 3.05) is 0 Å². The Balaban J connectivity index is 2.71. The Hall–Kier alpha value is -1.75. The average Bonchev–Trinajstić information content (AvgIpc) is 2.56. The summed E-state index contributed by atoms with van der Waals surface area (Å²) < 4.78 is 0. The molecule has 14 heavy (non-hydrogen) atoms. The van der Waals surface area contributed by atoms with Crippen LogP contribution in [-0.4, -0.2) is 4.98 Å². The molecule has 0 saturated carbocycles. The Kier molecular flexibility index (Phi) is 2.01. The molecule has 0 radical (unpaired) electrons. The number of nitrogens with one attached hydrogen (secondary N) is 1. The molecule has 0 aliphatic carbocycles. The van der Waals surface area contributed by atoms with Crippen molar-refractivity contribution in [3.63, 3.8) is 0 Å². The molecule has 2 rings (SSSR count). The average molecular weight is 184 g/mol. The Morgan fingerprint density at radius 2 is 2.21 bits per heavy atom. The van der Waals surface area contributed by atoms with Crippen LogP contribution in [0.1, 0.15) is 24.1 Å². The summed E-state index contributed by atoms with van der Waals surface area (Å²) in [6, 6.07) is 10.4. The fourth-order valence-corrected chi connectivity index (χ4v) is 1.75. The second-order valence-electron chi connectivity index (χ2n) is 3.61. The first-order valence-electron chi connectivity index (χ1n) is 4.70. The molecule has 1 aromatic heterocycles. The minimum Gasteiger partial charge on any atom is -0.358 e. The van der Waals surface area contributed by atoms with Gasteiger partial charge in [0, 0.05) is 5.69 Å². The van der Waals surface area contributed by atoms with Gasteiger partial charge in [0.15, 0.2) is 0 Å². The first-order valence-corrected chi connectivity index (χ1v) is 4.70. The van der Waals surface area contributed by atoms with Crippen LogP contribution >= 0.6 is 0 Å². The molecule has 0 spiro atoms. The number of fused-ring (bicyclic) bond motifs is 1. The quantitative estimate of drug-likeness (QED) is 0.726. The number of rotatable bonds is 1. The predicted molar refractivity (Wildman–Crippen MR) is 57.1 cm³/mol. The van der Waals surface area contributed by atoms with Crippen LogP contribution in [0.3, 0.4) is 0 Å². The number of aromatic nitrogens is 1. The lowest BCUT2D eigenvalue weighted by Gasteiger charge is -2.03. The summed E-state index contributed by atoms with van der Waals surface area (Å²) in [5.74, 6) is -0.0586. The zero-order chi connectivity index (χ0) is 10.1. The highest BCUT2D eigenvalue weighted by Crippen LogP contribution is 2.24. The summed E-state index contributed by atoms with van der Waals surface area (Å²) in [5, 5.41) is 10.1. The van der Waals surface area contributed by atoms with Crippen molar-refractivity contribution in [1.29, 1.82) is 5.26 Å². The Labute approximate surface area is 83.2 Å². The first kappa shape index (κ1) is 8.83. The van der Waals surface area contributed by atoms with Crippen molar-refractivity contribution in [1.82, 2.24) is 4.98 Å². The van der Waals surface area contributed by atoms with E-state index in [4.69, 9.17) is 5.26 Å². The third-order valence-electron chi connectivity index (χ3n) is 2.48. The van der Waals surface area contributed by atoms with Crippen LogP contribution in [0.4, 0.5) is 0 Å². The standard InChI is InChI=1S/C12H12N2/c1-8(7-13)11-5-3-4-10-6-9(2)14-12(10)11/h3-6,8,14H,1-2H3. The molecule has 1 aromatic carbocycles. The van der Waals surface area contributed by atoms with E-state index in [0.717, 1.165) is 16.8 Å². The maximum Gasteiger partial charge on any atom is 0.0705 e. The maximum absolute atomic E-state index is 8.89. The van der Waals surface area contributed by atoms with E-state index in [9.17, 15) is 0 Å². The highest BCUT2D eigenvalue weighted by Gasteiger charge is 2.09. The van der Waals surface area contributed by atoms with Crippen LogP contribution in [0.5, 0.6) is 0 Å². The molecule has 0 fully saturated rings. The molecule has 0 aliphatic rings. The van der Waals surface area contributed by atoms with Gasteiger partial charge in [-0.2, -0.15) is 5.26 Å². The van der Waals surface area contributed by atoms with E-state index in [-0.39, 0.29) is 5.92 Å². The normalized spacial score (nSPS) is 12.6. The summed E-state index contributed by atoms with van der Waals surface area (Å²) in [4.78, 5) is 3.29. The summed E-state index contributed by atoms with van der Waals surface area (Å²) in [6.07, 6.45) is 0. The lowest BCUT2D eigenvalue weighted by atomic mass is 10.0. The lowest BCUT2D eigenvalue weighted by Crippen LogP contribution is -1.90. The van der Waals surface area contributed by atoms with Gasteiger partial charge in [-0.25, -0.2) is 0 Å². The van der Waals surface area contributed by atoms with Gasteiger partial charge in [0.1, 0.15) is 0 Å². The molecule has 1 heterocycles. The number of benzene rings is 1. The predicted octanol–water partition coefficient (Wildman–Crippen LogP) is 3.10. The first-order chi connectivity index (χ1) is 6.72. The summed E-state index contributed by atoms with van der Waals surface area (Å²) >= 11 is 0. The van der Waals surface area contributed by atoms with Gasteiger partial charge in [0.2, 0.25) is 0 Å². The molecule has 1 atom stereocenters. The smallest absolute Gasteiger partial charge is 0.0705 e. The van der Waals surface area contributed by atoms with E-state index in [1.54, 1.807) is 0 Å². The number of hydrogen-bond acceptors (Lipinski definition) is 1. The zero-order valence-electron chi connectivity index (χ0n) is 8.33. The van der Waals surface area contributed by atoms with Crippen LogP contribution in [0.15, 0.2) is 24.3 Å². The van der Waals surface area contributed by atoms with Crippen LogP contribution in [0.25, 0.3) is 10.9 Å². The molecule has 0 amide bonds. The molecule has 0 saturated heterocycles. The number of aryl methyl sites for hydroxylation is 1. The molecule has 2 heteroatoms.